The van der Waals surface area contributed by atoms with Crippen molar-refractivity contribution in [3.05, 3.63) is 63.9 Å². The highest BCUT2D eigenvalue weighted by Gasteiger charge is 2.10. The van der Waals surface area contributed by atoms with Crippen molar-refractivity contribution in [1.29, 1.82) is 0 Å². The van der Waals surface area contributed by atoms with E-state index in [0.717, 1.165) is 10.5 Å². The average molecular weight is 337 g/mol. The first-order valence-electron chi connectivity index (χ1n) is 5.76. The first-order valence-corrected chi connectivity index (χ1v) is 6.56. The standard InChI is InChI=1S/C15H10BrFO3/c16-12-3-1-2-11(7-12)14(19)9-20-15-5-4-10(8-18)6-13(15)17/h1-8H,9H2. The molecule has 0 saturated carbocycles. The Morgan fingerprint density at radius 1 is 1.25 bits per heavy atom. The van der Waals surface area contributed by atoms with Crippen molar-refractivity contribution < 1.29 is 18.7 Å². The van der Waals surface area contributed by atoms with Crippen molar-refractivity contribution in [1.82, 2.24) is 0 Å². The summed E-state index contributed by atoms with van der Waals surface area (Å²) in [5, 5.41) is 0. The Kier molecular flexibility index (Phi) is 4.63. The van der Waals surface area contributed by atoms with Crippen LogP contribution in [-0.4, -0.2) is 18.7 Å². The van der Waals surface area contributed by atoms with Gasteiger partial charge in [0.1, 0.15) is 6.29 Å². The van der Waals surface area contributed by atoms with Gasteiger partial charge >= 0.3 is 0 Å². The van der Waals surface area contributed by atoms with Crippen molar-refractivity contribution in [2.75, 3.05) is 6.61 Å². The summed E-state index contributed by atoms with van der Waals surface area (Å²) in [7, 11) is 0. The molecule has 0 fully saturated rings. The van der Waals surface area contributed by atoms with E-state index in [4.69, 9.17) is 4.74 Å². The molecular formula is C15H10BrFO3. The molecule has 5 heteroatoms. The Morgan fingerprint density at radius 2 is 2.05 bits per heavy atom. The summed E-state index contributed by atoms with van der Waals surface area (Å²) in [6, 6.07) is 10.7. The highest BCUT2D eigenvalue weighted by atomic mass is 79.9. The number of Topliss-reactive ketones (excluding diaryl/α,β-unsaturated/α-hetero) is 1. The number of halogens is 2. The maximum atomic E-state index is 13.6. The van der Waals surface area contributed by atoms with Crippen LogP contribution in [0.25, 0.3) is 0 Å². The maximum absolute atomic E-state index is 13.6. The lowest BCUT2D eigenvalue weighted by atomic mass is 10.1. The van der Waals surface area contributed by atoms with Crippen LogP contribution in [0.15, 0.2) is 46.9 Å². The molecule has 0 heterocycles. The summed E-state index contributed by atoms with van der Waals surface area (Å²) in [6.45, 7) is -0.270. The average Bonchev–Trinajstić information content (AvgIpc) is 2.45. The van der Waals surface area contributed by atoms with Gasteiger partial charge in [0.25, 0.3) is 0 Å². The van der Waals surface area contributed by atoms with E-state index in [2.05, 4.69) is 15.9 Å². The molecule has 0 unspecified atom stereocenters. The van der Waals surface area contributed by atoms with Gasteiger partial charge in [0.05, 0.1) is 0 Å². The minimum atomic E-state index is -0.670. The van der Waals surface area contributed by atoms with Crippen LogP contribution in [-0.2, 0) is 0 Å². The largest absolute Gasteiger partial charge is 0.482 e. The number of carbonyl (C=O) groups excluding carboxylic acids is 2. The highest BCUT2D eigenvalue weighted by molar-refractivity contribution is 9.10. The van der Waals surface area contributed by atoms with Crippen LogP contribution < -0.4 is 4.74 Å². The number of hydrogen-bond donors (Lipinski definition) is 0. The molecule has 0 saturated heterocycles. The van der Waals surface area contributed by atoms with Gasteiger partial charge in [0.2, 0.25) is 0 Å². The predicted octanol–water partition coefficient (Wildman–Crippen LogP) is 3.66. The molecule has 0 aliphatic heterocycles. The summed E-state index contributed by atoms with van der Waals surface area (Å²) in [6.07, 6.45) is 0.541. The number of ketones is 1. The summed E-state index contributed by atoms with van der Waals surface area (Å²) >= 11 is 3.27. The SMILES string of the molecule is O=Cc1ccc(OCC(=O)c2cccc(Br)c2)c(F)c1. The van der Waals surface area contributed by atoms with E-state index in [1.165, 1.54) is 12.1 Å². The summed E-state index contributed by atoms with van der Waals surface area (Å²) in [5.74, 6) is -0.985. The fourth-order valence-electron chi connectivity index (χ4n) is 1.60. The van der Waals surface area contributed by atoms with Gasteiger partial charge in [-0.3, -0.25) is 9.59 Å². The van der Waals surface area contributed by atoms with Crippen molar-refractivity contribution in [2.24, 2.45) is 0 Å². The van der Waals surface area contributed by atoms with E-state index in [9.17, 15) is 14.0 Å². The smallest absolute Gasteiger partial charge is 0.200 e. The lowest BCUT2D eigenvalue weighted by Gasteiger charge is -2.07. The van der Waals surface area contributed by atoms with Crippen LogP contribution in [0.4, 0.5) is 4.39 Å². The number of aldehydes is 1. The molecule has 0 aliphatic carbocycles. The Bertz CT molecular complexity index is 655. The summed E-state index contributed by atoms with van der Waals surface area (Å²) in [4.78, 5) is 22.4. The second-order valence-corrected chi connectivity index (χ2v) is 4.95. The van der Waals surface area contributed by atoms with Crippen LogP contribution >= 0.6 is 15.9 Å². The van der Waals surface area contributed by atoms with E-state index in [1.54, 1.807) is 24.3 Å². The highest BCUT2D eigenvalue weighted by Crippen LogP contribution is 2.18. The van der Waals surface area contributed by atoms with E-state index in [-0.39, 0.29) is 23.7 Å². The molecule has 0 spiro atoms. The number of benzene rings is 2. The van der Waals surface area contributed by atoms with Gasteiger partial charge in [-0.2, -0.15) is 0 Å². The van der Waals surface area contributed by atoms with Crippen molar-refractivity contribution in [3.63, 3.8) is 0 Å². The van der Waals surface area contributed by atoms with E-state index >= 15 is 0 Å². The molecule has 0 N–H and O–H groups in total. The first kappa shape index (κ1) is 14.4. The fourth-order valence-corrected chi connectivity index (χ4v) is 2.00. The molecule has 0 bridgehead atoms. The Labute approximate surface area is 123 Å². The van der Waals surface area contributed by atoms with Gasteiger partial charge in [-0.1, -0.05) is 28.1 Å². The lowest BCUT2D eigenvalue weighted by Crippen LogP contribution is -2.12. The molecule has 0 aromatic heterocycles. The quantitative estimate of drug-likeness (QED) is 0.618. The Morgan fingerprint density at radius 3 is 2.70 bits per heavy atom. The molecule has 2 aromatic carbocycles. The van der Waals surface area contributed by atoms with Gasteiger partial charge in [0.15, 0.2) is 24.0 Å². The minimum Gasteiger partial charge on any atom is -0.482 e. The zero-order chi connectivity index (χ0) is 14.5. The van der Waals surface area contributed by atoms with Crippen LogP contribution in [0.5, 0.6) is 5.75 Å². The third kappa shape index (κ3) is 3.51. The van der Waals surface area contributed by atoms with Gasteiger partial charge in [-0.15, -0.1) is 0 Å². The van der Waals surface area contributed by atoms with Crippen molar-refractivity contribution in [2.45, 2.75) is 0 Å². The topological polar surface area (TPSA) is 43.4 Å². The number of ether oxygens (including phenoxy) is 1. The number of hydrogen-bond acceptors (Lipinski definition) is 3. The molecule has 0 aliphatic rings. The van der Waals surface area contributed by atoms with Gasteiger partial charge in [-0.25, -0.2) is 4.39 Å². The van der Waals surface area contributed by atoms with E-state index in [0.29, 0.717) is 11.8 Å². The van der Waals surface area contributed by atoms with Crippen molar-refractivity contribution >= 4 is 28.0 Å². The van der Waals surface area contributed by atoms with Crippen LogP contribution in [0.1, 0.15) is 20.7 Å². The minimum absolute atomic E-state index is 0.0565. The molecule has 0 atom stereocenters. The second-order valence-electron chi connectivity index (χ2n) is 4.03. The molecule has 102 valence electrons. The number of carbonyl (C=O) groups is 2. The van der Waals surface area contributed by atoms with Gasteiger partial charge < -0.3 is 4.74 Å². The number of rotatable bonds is 5. The van der Waals surface area contributed by atoms with E-state index < -0.39 is 5.82 Å². The van der Waals surface area contributed by atoms with Crippen molar-refractivity contribution in [3.8, 4) is 5.75 Å². The molecule has 20 heavy (non-hydrogen) atoms. The van der Waals surface area contributed by atoms with Crippen LogP contribution in [0.3, 0.4) is 0 Å². The normalized spacial score (nSPS) is 10.1. The molecular weight excluding hydrogens is 327 g/mol. The lowest BCUT2D eigenvalue weighted by molar-refractivity contribution is 0.0918. The molecule has 2 aromatic rings. The van der Waals surface area contributed by atoms with Gasteiger partial charge in [0, 0.05) is 15.6 Å². The molecule has 2 rings (SSSR count). The predicted molar refractivity (Wildman–Crippen MR) is 75.8 cm³/mol. The second kappa shape index (κ2) is 6.43. The monoisotopic (exact) mass is 336 g/mol. The van der Waals surface area contributed by atoms with Crippen LogP contribution in [0.2, 0.25) is 0 Å². The summed E-state index contributed by atoms with van der Waals surface area (Å²) in [5.41, 5.74) is 0.692. The first-order chi connectivity index (χ1) is 9.60. The van der Waals surface area contributed by atoms with E-state index in [1.807, 2.05) is 0 Å². The third-order valence-corrected chi connectivity index (χ3v) is 3.09. The summed E-state index contributed by atoms with van der Waals surface area (Å²) < 4.78 is 19.5. The zero-order valence-corrected chi connectivity index (χ0v) is 11.9. The third-order valence-electron chi connectivity index (χ3n) is 2.60. The Hall–Kier alpha value is -2.01. The molecule has 0 amide bonds. The zero-order valence-electron chi connectivity index (χ0n) is 10.3. The molecule has 3 nitrogen and oxygen atoms in total. The maximum Gasteiger partial charge on any atom is 0.200 e. The van der Waals surface area contributed by atoms with Gasteiger partial charge in [-0.05, 0) is 30.3 Å². The van der Waals surface area contributed by atoms with Crippen LogP contribution in [0, 0.1) is 5.82 Å². The fraction of sp³-hybridized carbons (Fsp3) is 0.0667. The molecule has 0 radical (unpaired) electrons. The Balaban J connectivity index is 2.05.